The van der Waals surface area contributed by atoms with Gasteiger partial charge in [-0.2, -0.15) is 0 Å². The highest BCUT2D eigenvalue weighted by atomic mass is 16.5. The van der Waals surface area contributed by atoms with E-state index in [2.05, 4.69) is 17.1 Å². The number of pyridine rings is 1. The first-order chi connectivity index (χ1) is 8.74. The minimum absolute atomic E-state index is 0.189. The zero-order valence-electron chi connectivity index (χ0n) is 10.5. The van der Waals surface area contributed by atoms with Crippen molar-refractivity contribution in [3.8, 4) is 5.75 Å². The Morgan fingerprint density at radius 3 is 2.33 bits per heavy atom. The van der Waals surface area contributed by atoms with E-state index in [0.29, 0.717) is 6.61 Å². The molecule has 0 bridgehead atoms. The summed E-state index contributed by atoms with van der Waals surface area (Å²) in [5.41, 5.74) is 8.11. The molecule has 18 heavy (non-hydrogen) atoms. The standard InChI is InChI=1S/C15H18N2O/c1-12(16)10-13-2-4-15(5-3-13)18-11-14-6-8-17-9-7-14/h2-9,12H,10-11,16H2,1H3. The molecule has 0 aliphatic carbocycles. The van der Waals surface area contributed by atoms with Crippen molar-refractivity contribution in [3.63, 3.8) is 0 Å². The summed E-state index contributed by atoms with van der Waals surface area (Å²) >= 11 is 0. The molecule has 1 atom stereocenters. The smallest absolute Gasteiger partial charge is 0.119 e. The molecule has 1 unspecified atom stereocenters. The molecule has 3 heteroatoms. The maximum absolute atomic E-state index is 5.76. The molecule has 2 N–H and O–H groups in total. The monoisotopic (exact) mass is 242 g/mol. The topological polar surface area (TPSA) is 48.1 Å². The Kier molecular flexibility index (Phi) is 4.31. The lowest BCUT2D eigenvalue weighted by molar-refractivity contribution is 0.306. The first-order valence-electron chi connectivity index (χ1n) is 6.10. The number of ether oxygens (including phenoxy) is 1. The first kappa shape index (κ1) is 12.6. The number of nitrogens with zero attached hydrogens (tertiary/aromatic N) is 1. The van der Waals surface area contributed by atoms with E-state index in [9.17, 15) is 0 Å². The Hall–Kier alpha value is -1.87. The Bertz CT molecular complexity index is 466. The summed E-state index contributed by atoms with van der Waals surface area (Å²) in [7, 11) is 0. The number of rotatable bonds is 5. The van der Waals surface area contributed by atoms with Gasteiger partial charge in [-0.15, -0.1) is 0 Å². The van der Waals surface area contributed by atoms with Crippen molar-refractivity contribution < 1.29 is 4.74 Å². The van der Waals surface area contributed by atoms with Gasteiger partial charge < -0.3 is 10.5 Å². The van der Waals surface area contributed by atoms with Crippen molar-refractivity contribution in [1.29, 1.82) is 0 Å². The predicted octanol–water partition coefficient (Wildman–Crippen LogP) is 2.55. The lowest BCUT2D eigenvalue weighted by Crippen LogP contribution is -2.17. The van der Waals surface area contributed by atoms with Crippen LogP contribution in [0.15, 0.2) is 48.8 Å². The molecule has 0 aliphatic heterocycles. The summed E-state index contributed by atoms with van der Waals surface area (Å²) in [6.07, 6.45) is 4.43. The van der Waals surface area contributed by atoms with Crippen molar-refractivity contribution in [2.75, 3.05) is 0 Å². The molecule has 3 nitrogen and oxygen atoms in total. The van der Waals surface area contributed by atoms with Gasteiger partial charge in [0.05, 0.1) is 0 Å². The summed E-state index contributed by atoms with van der Waals surface area (Å²) < 4.78 is 5.69. The first-order valence-corrected chi connectivity index (χ1v) is 6.10. The van der Waals surface area contributed by atoms with Gasteiger partial charge in [-0.3, -0.25) is 4.98 Å². The number of benzene rings is 1. The third kappa shape index (κ3) is 3.86. The Balaban J connectivity index is 1.90. The molecule has 0 amide bonds. The van der Waals surface area contributed by atoms with E-state index in [-0.39, 0.29) is 6.04 Å². The number of hydrogen-bond donors (Lipinski definition) is 1. The Morgan fingerprint density at radius 2 is 1.72 bits per heavy atom. The quantitative estimate of drug-likeness (QED) is 0.876. The highest BCUT2D eigenvalue weighted by Crippen LogP contribution is 2.14. The van der Waals surface area contributed by atoms with Crippen LogP contribution in [0.25, 0.3) is 0 Å². The minimum atomic E-state index is 0.189. The molecule has 1 heterocycles. The fraction of sp³-hybridized carbons (Fsp3) is 0.267. The van der Waals surface area contributed by atoms with E-state index < -0.39 is 0 Å². The van der Waals surface area contributed by atoms with Crippen LogP contribution in [0.2, 0.25) is 0 Å². The van der Waals surface area contributed by atoms with Crippen LogP contribution in [0, 0.1) is 0 Å². The highest BCUT2D eigenvalue weighted by molar-refractivity contribution is 5.28. The number of hydrogen-bond acceptors (Lipinski definition) is 3. The van der Waals surface area contributed by atoms with Gasteiger partial charge in [0, 0.05) is 18.4 Å². The van der Waals surface area contributed by atoms with Gasteiger partial charge in [0.2, 0.25) is 0 Å². The minimum Gasteiger partial charge on any atom is -0.489 e. The predicted molar refractivity (Wildman–Crippen MR) is 72.4 cm³/mol. The molecule has 1 aromatic heterocycles. The zero-order chi connectivity index (χ0) is 12.8. The molecule has 2 aromatic rings. The fourth-order valence-corrected chi connectivity index (χ4v) is 1.74. The van der Waals surface area contributed by atoms with E-state index in [4.69, 9.17) is 10.5 Å². The van der Waals surface area contributed by atoms with Crippen molar-refractivity contribution in [2.45, 2.75) is 26.0 Å². The molecular weight excluding hydrogens is 224 g/mol. The molecule has 0 aliphatic rings. The van der Waals surface area contributed by atoms with Crippen LogP contribution in [0.1, 0.15) is 18.1 Å². The molecule has 0 saturated heterocycles. The second kappa shape index (κ2) is 6.17. The molecule has 94 valence electrons. The summed E-state index contributed by atoms with van der Waals surface area (Å²) in [6.45, 7) is 2.57. The molecule has 0 radical (unpaired) electrons. The van der Waals surface area contributed by atoms with Crippen LogP contribution in [0.3, 0.4) is 0 Å². The van der Waals surface area contributed by atoms with Gasteiger partial charge in [0.25, 0.3) is 0 Å². The Labute approximate surface area is 108 Å². The SMILES string of the molecule is CC(N)Cc1ccc(OCc2ccncc2)cc1. The largest absolute Gasteiger partial charge is 0.489 e. The molecular formula is C15H18N2O. The van der Waals surface area contributed by atoms with Crippen LogP contribution in [0.4, 0.5) is 0 Å². The second-order valence-corrected chi connectivity index (χ2v) is 4.47. The fourth-order valence-electron chi connectivity index (χ4n) is 1.74. The number of nitrogens with two attached hydrogens (primary N) is 1. The van der Waals surface area contributed by atoms with E-state index >= 15 is 0 Å². The molecule has 1 aromatic carbocycles. The van der Waals surface area contributed by atoms with Crippen molar-refractivity contribution >= 4 is 0 Å². The van der Waals surface area contributed by atoms with Crippen molar-refractivity contribution in [1.82, 2.24) is 4.98 Å². The summed E-state index contributed by atoms with van der Waals surface area (Å²) in [5, 5.41) is 0. The zero-order valence-corrected chi connectivity index (χ0v) is 10.5. The van der Waals surface area contributed by atoms with Crippen LogP contribution in [-0.2, 0) is 13.0 Å². The van der Waals surface area contributed by atoms with E-state index in [1.54, 1.807) is 12.4 Å². The van der Waals surface area contributed by atoms with Crippen LogP contribution in [0.5, 0.6) is 5.75 Å². The Morgan fingerprint density at radius 1 is 1.06 bits per heavy atom. The lowest BCUT2D eigenvalue weighted by atomic mass is 10.1. The van der Waals surface area contributed by atoms with Gasteiger partial charge in [0.15, 0.2) is 0 Å². The average Bonchev–Trinajstić information content (AvgIpc) is 2.38. The molecule has 0 fully saturated rings. The van der Waals surface area contributed by atoms with E-state index in [1.165, 1.54) is 5.56 Å². The third-order valence-electron chi connectivity index (χ3n) is 2.64. The van der Waals surface area contributed by atoms with Gasteiger partial charge in [-0.1, -0.05) is 12.1 Å². The van der Waals surface area contributed by atoms with Crippen LogP contribution >= 0.6 is 0 Å². The van der Waals surface area contributed by atoms with Gasteiger partial charge in [-0.05, 0) is 48.7 Å². The second-order valence-electron chi connectivity index (χ2n) is 4.47. The van der Waals surface area contributed by atoms with E-state index in [1.807, 2.05) is 31.2 Å². The average molecular weight is 242 g/mol. The van der Waals surface area contributed by atoms with Crippen molar-refractivity contribution in [2.24, 2.45) is 5.73 Å². The van der Waals surface area contributed by atoms with Crippen LogP contribution in [-0.4, -0.2) is 11.0 Å². The maximum atomic E-state index is 5.76. The molecule has 2 rings (SSSR count). The highest BCUT2D eigenvalue weighted by Gasteiger charge is 1.99. The van der Waals surface area contributed by atoms with Crippen molar-refractivity contribution in [3.05, 3.63) is 59.9 Å². The van der Waals surface area contributed by atoms with Gasteiger partial charge in [-0.25, -0.2) is 0 Å². The van der Waals surface area contributed by atoms with E-state index in [0.717, 1.165) is 17.7 Å². The normalized spacial score (nSPS) is 12.1. The number of aromatic nitrogens is 1. The summed E-state index contributed by atoms with van der Waals surface area (Å²) in [6, 6.07) is 12.2. The third-order valence-corrected chi connectivity index (χ3v) is 2.64. The summed E-state index contributed by atoms with van der Waals surface area (Å²) in [4.78, 5) is 3.97. The van der Waals surface area contributed by atoms with Gasteiger partial charge >= 0.3 is 0 Å². The lowest BCUT2D eigenvalue weighted by Gasteiger charge is -2.08. The molecule has 0 spiro atoms. The van der Waals surface area contributed by atoms with Gasteiger partial charge in [0.1, 0.15) is 12.4 Å². The maximum Gasteiger partial charge on any atom is 0.119 e. The summed E-state index contributed by atoms with van der Waals surface area (Å²) in [5.74, 6) is 0.875. The molecule has 0 saturated carbocycles. The van der Waals surface area contributed by atoms with Crippen LogP contribution < -0.4 is 10.5 Å².